The van der Waals surface area contributed by atoms with E-state index < -0.39 is 38.6 Å². The SMILES string of the molecule is O=C(NC1CCS(=O)(=O)CC1)[C@@H]1NC2(CCCCC2)C2(C(=O)Nc3cc(Cl)ccc32)[C@H]1c1cccc(Cl)c1F. The fraction of sp³-hybridized carbons (Fsp3) is 0.500. The number of halogens is 3. The van der Waals surface area contributed by atoms with E-state index in [1.807, 2.05) is 6.07 Å². The molecule has 1 aliphatic carbocycles. The predicted molar refractivity (Wildman–Crippen MR) is 148 cm³/mol. The Hall–Kier alpha value is -2.20. The second kappa shape index (κ2) is 9.72. The van der Waals surface area contributed by atoms with E-state index in [0.717, 1.165) is 19.3 Å². The van der Waals surface area contributed by atoms with Gasteiger partial charge in [-0.05, 0) is 55.0 Å². The van der Waals surface area contributed by atoms with Crippen LogP contribution in [0.15, 0.2) is 36.4 Å². The summed E-state index contributed by atoms with van der Waals surface area (Å²) in [6.07, 6.45) is 4.59. The van der Waals surface area contributed by atoms with Crippen molar-refractivity contribution in [1.29, 1.82) is 0 Å². The zero-order valence-corrected chi connectivity index (χ0v) is 23.6. The van der Waals surface area contributed by atoms with Gasteiger partial charge in [0.15, 0.2) is 0 Å². The summed E-state index contributed by atoms with van der Waals surface area (Å²) in [5.41, 5.74) is -0.663. The van der Waals surface area contributed by atoms with E-state index in [-0.39, 0.29) is 39.9 Å². The summed E-state index contributed by atoms with van der Waals surface area (Å²) in [6.45, 7) is 0. The zero-order valence-electron chi connectivity index (χ0n) is 21.2. The van der Waals surface area contributed by atoms with Crippen LogP contribution >= 0.6 is 23.2 Å². The van der Waals surface area contributed by atoms with Gasteiger partial charge in [0, 0.05) is 28.2 Å². The molecule has 3 heterocycles. The van der Waals surface area contributed by atoms with Gasteiger partial charge < -0.3 is 10.6 Å². The Morgan fingerprint density at radius 3 is 2.49 bits per heavy atom. The molecule has 3 aliphatic heterocycles. The number of sulfone groups is 1. The molecular formula is C28H30Cl2FN3O4S. The molecule has 3 atom stereocenters. The fourth-order valence-corrected chi connectivity index (χ4v) is 9.39. The van der Waals surface area contributed by atoms with E-state index >= 15 is 4.39 Å². The minimum atomic E-state index is -3.11. The Morgan fingerprint density at radius 2 is 1.77 bits per heavy atom. The van der Waals surface area contributed by atoms with Gasteiger partial charge in [0.2, 0.25) is 11.8 Å². The molecule has 2 aromatic rings. The lowest BCUT2D eigenvalue weighted by molar-refractivity contribution is -0.124. The van der Waals surface area contributed by atoms with Crippen molar-refractivity contribution in [1.82, 2.24) is 10.6 Å². The van der Waals surface area contributed by atoms with Crippen LogP contribution in [-0.2, 0) is 24.8 Å². The molecule has 3 N–H and O–H groups in total. The molecule has 2 aromatic carbocycles. The molecule has 0 aromatic heterocycles. The molecule has 2 amide bonds. The number of hydrogen-bond donors (Lipinski definition) is 3. The van der Waals surface area contributed by atoms with Gasteiger partial charge in [0.1, 0.15) is 21.1 Å². The Morgan fingerprint density at radius 1 is 1.05 bits per heavy atom. The number of anilines is 1. The minimum Gasteiger partial charge on any atom is -0.352 e. The highest BCUT2D eigenvalue weighted by molar-refractivity contribution is 7.91. The van der Waals surface area contributed by atoms with Crippen molar-refractivity contribution in [3.05, 3.63) is 63.4 Å². The summed E-state index contributed by atoms with van der Waals surface area (Å²) in [5, 5.41) is 10.0. The van der Waals surface area contributed by atoms with Gasteiger partial charge in [-0.2, -0.15) is 0 Å². The molecular weight excluding hydrogens is 564 g/mol. The maximum atomic E-state index is 15.9. The van der Waals surface area contributed by atoms with Crippen molar-refractivity contribution in [2.24, 2.45) is 0 Å². The summed E-state index contributed by atoms with van der Waals surface area (Å²) < 4.78 is 39.8. The summed E-state index contributed by atoms with van der Waals surface area (Å²) >= 11 is 12.6. The topological polar surface area (TPSA) is 104 Å². The molecule has 7 nitrogen and oxygen atoms in total. The number of carbonyl (C=O) groups excluding carboxylic acids is 2. The molecule has 0 radical (unpaired) electrons. The second-order valence-electron chi connectivity index (χ2n) is 11.3. The first kappa shape index (κ1) is 27.0. The van der Waals surface area contributed by atoms with E-state index in [2.05, 4.69) is 16.0 Å². The van der Waals surface area contributed by atoms with Crippen LogP contribution < -0.4 is 16.0 Å². The summed E-state index contributed by atoms with van der Waals surface area (Å²) in [5.74, 6) is -2.23. The number of carbonyl (C=O) groups is 2. The lowest BCUT2D eigenvalue weighted by atomic mass is 9.55. The zero-order chi connectivity index (χ0) is 27.6. The van der Waals surface area contributed by atoms with Crippen molar-refractivity contribution < 1.29 is 22.4 Å². The molecule has 2 spiro atoms. The summed E-state index contributed by atoms with van der Waals surface area (Å²) in [4.78, 5) is 28.4. The Kier molecular flexibility index (Phi) is 6.72. The standard InChI is InChI=1S/C28H30Cl2FN3O4S/c29-16-7-8-19-21(15-16)33-26(36)28(19)22(18-5-4-6-20(30)23(18)31)24(34-27(28)11-2-1-3-12-27)25(35)32-17-9-13-39(37,38)14-10-17/h4-8,15,17,22,24,34H,1-3,9-14H2,(H,32,35)(H,33,36)/t22-,24+,28?/m0/s1. The van der Waals surface area contributed by atoms with Crippen molar-refractivity contribution in [2.45, 2.75) is 73.9 Å². The summed E-state index contributed by atoms with van der Waals surface area (Å²) in [7, 11) is -3.11. The first-order valence-corrected chi connectivity index (χ1v) is 16.0. The first-order valence-electron chi connectivity index (χ1n) is 13.4. The quantitative estimate of drug-likeness (QED) is 0.487. The van der Waals surface area contributed by atoms with Crippen LogP contribution in [0.3, 0.4) is 0 Å². The molecule has 208 valence electrons. The monoisotopic (exact) mass is 593 g/mol. The lowest BCUT2D eigenvalue weighted by Gasteiger charge is -2.47. The van der Waals surface area contributed by atoms with Crippen molar-refractivity contribution in [3.8, 4) is 0 Å². The van der Waals surface area contributed by atoms with E-state index in [0.29, 0.717) is 42.0 Å². The smallest absolute Gasteiger partial charge is 0.238 e. The minimum absolute atomic E-state index is 0.00675. The molecule has 39 heavy (non-hydrogen) atoms. The highest BCUT2D eigenvalue weighted by Gasteiger charge is 2.72. The average Bonchev–Trinajstić information content (AvgIpc) is 3.35. The van der Waals surface area contributed by atoms with Gasteiger partial charge in [-0.1, -0.05) is 60.7 Å². The van der Waals surface area contributed by atoms with E-state index in [9.17, 15) is 18.0 Å². The average molecular weight is 595 g/mol. The molecule has 3 fully saturated rings. The van der Waals surface area contributed by atoms with Crippen LogP contribution in [0.25, 0.3) is 0 Å². The fourth-order valence-electron chi connectivity index (χ4n) is 7.54. The van der Waals surface area contributed by atoms with Crippen molar-refractivity contribution >= 4 is 50.5 Å². The molecule has 4 aliphatic rings. The van der Waals surface area contributed by atoms with E-state index in [1.165, 1.54) is 6.07 Å². The Labute approximate surface area is 237 Å². The van der Waals surface area contributed by atoms with E-state index in [4.69, 9.17) is 23.2 Å². The Balaban J connectivity index is 1.52. The third-order valence-electron chi connectivity index (χ3n) is 9.21. The molecule has 1 saturated carbocycles. The van der Waals surface area contributed by atoms with Crippen LogP contribution in [0.2, 0.25) is 10.0 Å². The number of nitrogens with one attached hydrogen (secondary N) is 3. The molecule has 0 bridgehead atoms. The predicted octanol–water partition coefficient (Wildman–Crippen LogP) is 4.47. The maximum Gasteiger partial charge on any atom is 0.238 e. The highest BCUT2D eigenvalue weighted by Crippen LogP contribution is 2.62. The van der Waals surface area contributed by atoms with Crippen LogP contribution in [0.5, 0.6) is 0 Å². The van der Waals surface area contributed by atoms with E-state index in [1.54, 1.807) is 24.3 Å². The number of fused-ring (bicyclic) bond motifs is 3. The third kappa shape index (κ3) is 4.19. The van der Waals surface area contributed by atoms with Crippen molar-refractivity contribution in [2.75, 3.05) is 16.8 Å². The van der Waals surface area contributed by atoms with Gasteiger partial charge in [0.05, 0.1) is 22.6 Å². The van der Waals surface area contributed by atoms with Crippen LogP contribution in [0.4, 0.5) is 10.1 Å². The van der Waals surface area contributed by atoms with Crippen molar-refractivity contribution in [3.63, 3.8) is 0 Å². The third-order valence-corrected chi connectivity index (χ3v) is 11.4. The Bertz CT molecular complexity index is 1450. The van der Waals surface area contributed by atoms with Crippen LogP contribution in [0, 0.1) is 5.82 Å². The van der Waals surface area contributed by atoms with Gasteiger partial charge in [-0.15, -0.1) is 0 Å². The first-order chi connectivity index (χ1) is 18.6. The number of rotatable bonds is 3. The van der Waals surface area contributed by atoms with Gasteiger partial charge in [-0.3, -0.25) is 14.9 Å². The summed E-state index contributed by atoms with van der Waals surface area (Å²) in [6, 6.07) is 8.64. The largest absolute Gasteiger partial charge is 0.352 e. The highest BCUT2D eigenvalue weighted by atomic mass is 35.5. The maximum absolute atomic E-state index is 15.9. The number of hydrogen-bond acceptors (Lipinski definition) is 5. The number of benzene rings is 2. The molecule has 2 saturated heterocycles. The van der Waals surface area contributed by atoms with Crippen LogP contribution in [-0.4, -0.2) is 49.4 Å². The molecule has 11 heteroatoms. The molecule has 1 unspecified atom stereocenters. The lowest BCUT2D eigenvalue weighted by Crippen LogP contribution is -2.60. The van der Waals surface area contributed by atoms with Gasteiger partial charge in [-0.25, -0.2) is 12.8 Å². The number of amides is 2. The molecule has 6 rings (SSSR count). The van der Waals surface area contributed by atoms with Crippen LogP contribution in [0.1, 0.15) is 62.0 Å². The normalized spacial score (nSPS) is 29.4. The second-order valence-corrected chi connectivity index (χ2v) is 14.4. The van der Waals surface area contributed by atoms with Gasteiger partial charge >= 0.3 is 0 Å². The van der Waals surface area contributed by atoms with Gasteiger partial charge in [0.25, 0.3) is 0 Å².